The van der Waals surface area contributed by atoms with Gasteiger partial charge in [0.1, 0.15) is 0 Å². The van der Waals surface area contributed by atoms with Gasteiger partial charge in [-0.05, 0) is 0 Å². The molecule has 13 heteroatoms. The highest BCUT2D eigenvalue weighted by atomic mass is 19.3. The molecule has 10 nitrogen and oxygen atoms in total. The summed E-state index contributed by atoms with van der Waals surface area (Å²) in [6.07, 6.45) is -3.42. The van der Waals surface area contributed by atoms with E-state index in [1.54, 1.807) is 0 Å². The van der Waals surface area contributed by atoms with Gasteiger partial charge < -0.3 is 28.2 Å². The van der Waals surface area contributed by atoms with Crippen molar-refractivity contribution in [1.29, 1.82) is 0 Å². The van der Waals surface area contributed by atoms with E-state index in [1.807, 2.05) is 0 Å². The Morgan fingerprint density at radius 3 is 1.65 bits per heavy atom. The molecule has 0 aromatic carbocycles. The Morgan fingerprint density at radius 1 is 0.870 bits per heavy atom. The zero-order valence-corrected chi connectivity index (χ0v) is 12.1. The summed E-state index contributed by atoms with van der Waals surface area (Å²) in [4.78, 5) is 44.9. The molecule has 1 fully saturated rings. The Labute approximate surface area is 128 Å². The van der Waals surface area contributed by atoms with Crippen LogP contribution in [-0.2, 0) is 47.4 Å². The van der Waals surface area contributed by atoms with Gasteiger partial charge in [0.05, 0.1) is 21.3 Å². The highest BCUT2D eigenvalue weighted by Crippen LogP contribution is 2.23. The van der Waals surface area contributed by atoms with Gasteiger partial charge in [0.15, 0.2) is 12.2 Å². The van der Waals surface area contributed by atoms with E-state index in [1.165, 1.54) is 0 Å². The number of hydrogen-bond donors (Lipinski definition) is 0. The SMILES string of the molecule is COC(=O)C1OB(OC(=O)C(F)(F)C(=O)OC)OC1C(=O)OC. The molecule has 128 valence electrons. The van der Waals surface area contributed by atoms with Crippen molar-refractivity contribution in [2.75, 3.05) is 21.3 Å². The molecule has 0 radical (unpaired) electrons. The summed E-state index contributed by atoms with van der Waals surface area (Å²) in [5, 5.41) is 0. The Hall–Kier alpha value is -2.28. The lowest BCUT2D eigenvalue weighted by atomic mass is 10.2. The summed E-state index contributed by atoms with van der Waals surface area (Å²) in [5.41, 5.74) is 0. The van der Waals surface area contributed by atoms with Crippen molar-refractivity contribution >= 4 is 31.2 Å². The number of rotatable bonds is 5. The fraction of sp³-hybridized carbons (Fsp3) is 0.600. The van der Waals surface area contributed by atoms with E-state index < -0.39 is 49.3 Å². The van der Waals surface area contributed by atoms with Crippen LogP contribution in [0.2, 0.25) is 0 Å². The van der Waals surface area contributed by atoms with Crippen molar-refractivity contribution in [3.63, 3.8) is 0 Å². The maximum atomic E-state index is 13.3. The van der Waals surface area contributed by atoms with E-state index in [4.69, 9.17) is 9.31 Å². The monoisotopic (exact) mass is 340 g/mol. The molecule has 1 aliphatic heterocycles. The van der Waals surface area contributed by atoms with Gasteiger partial charge in [0.25, 0.3) is 0 Å². The molecule has 0 spiro atoms. The van der Waals surface area contributed by atoms with Crippen LogP contribution in [0.1, 0.15) is 0 Å². The first-order chi connectivity index (χ1) is 10.7. The molecular weight excluding hydrogens is 329 g/mol. The third-order valence-electron chi connectivity index (χ3n) is 2.56. The molecule has 1 heterocycles. The van der Waals surface area contributed by atoms with Crippen LogP contribution in [-0.4, -0.2) is 70.7 Å². The van der Waals surface area contributed by atoms with Crippen molar-refractivity contribution in [2.45, 2.75) is 18.1 Å². The number of methoxy groups -OCH3 is 3. The van der Waals surface area contributed by atoms with Crippen molar-refractivity contribution in [3.8, 4) is 0 Å². The highest BCUT2D eigenvalue weighted by Gasteiger charge is 2.57. The average Bonchev–Trinajstić information content (AvgIpc) is 2.95. The Morgan fingerprint density at radius 2 is 1.30 bits per heavy atom. The first-order valence-electron chi connectivity index (χ1n) is 5.82. The van der Waals surface area contributed by atoms with E-state index in [2.05, 4.69) is 18.9 Å². The quantitative estimate of drug-likeness (QED) is 0.251. The van der Waals surface area contributed by atoms with Gasteiger partial charge in [-0.25, -0.2) is 19.2 Å². The fourth-order valence-corrected chi connectivity index (χ4v) is 1.43. The van der Waals surface area contributed by atoms with Crippen LogP contribution in [0.4, 0.5) is 8.78 Å². The second kappa shape index (κ2) is 7.33. The van der Waals surface area contributed by atoms with Crippen LogP contribution in [0.25, 0.3) is 0 Å². The molecule has 0 aromatic rings. The van der Waals surface area contributed by atoms with Gasteiger partial charge in [-0.15, -0.1) is 0 Å². The molecule has 0 aromatic heterocycles. The topological polar surface area (TPSA) is 124 Å². The summed E-state index contributed by atoms with van der Waals surface area (Å²) in [6.45, 7) is 0. The number of alkyl halides is 2. The molecule has 2 atom stereocenters. The summed E-state index contributed by atoms with van der Waals surface area (Å²) >= 11 is 0. The lowest BCUT2D eigenvalue weighted by Gasteiger charge is -2.13. The lowest BCUT2D eigenvalue weighted by Crippen LogP contribution is -2.43. The molecule has 0 saturated carbocycles. The van der Waals surface area contributed by atoms with Crippen LogP contribution in [0.15, 0.2) is 0 Å². The predicted molar refractivity (Wildman–Crippen MR) is 62.6 cm³/mol. The summed E-state index contributed by atoms with van der Waals surface area (Å²) in [6, 6.07) is 0. The lowest BCUT2D eigenvalue weighted by molar-refractivity contribution is -0.184. The minimum absolute atomic E-state index is 0.632. The van der Waals surface area contributed by atoms with Crippen LogP contribution in [0.5, 0.6) is 0 Å². The first-order valence-corrected chi connectivity index (χ1v) is 5.82. The zero-order chi connectivity index (χ0) is 17.8. The van der Waals surface area contributed by atoms with Crippen LogP contribution < -0.4 is 0 Å². The molecule has 0 N–H and O–H groups in total. The molecule has 0 bridgehead atoms. The van der Waals surface area contributed by atoms with Crippen LogP contribution >= 0.6 is 0 Å². The maximum Gasteiger partial charge on any atom is 0.716 e. The number of carbonyl (C=O) groups is 4. The third-order valence-corrected chi connectivity index (χ3v) is 2.56. The van der Waals surface area contributed by atoms with E-state index in [0.717, 1.165) is 14.2 Å². The van der Waals surface area contributed by atoms with Gasteiger partial charge in [0, 0.05) is 0 Å². The second-order valence-corrected chi connectivity index (χ2v) is 3.92. The van der Waals surface area contributed by atoms with Gasteiger partial charge >= 0.3 is 37.1 Å². The van der Waals surface area contributed by atoms with Crippen molar-refractivity contribution in [2.24, 2.45) is 0 Å². The van der Waals surface area contributed by atoms with Crippen molar-refractivity contribution in [3.05, 3.63) is 0 Å². The highest BCUT2D eigenvalue weighted by molar-refractivity contribution is 6.41. The standard InChI is InChI=1S/C10H11BF2O10/c1-18-6(14)4-5(7(15)19-2)22-11(21-4)23-9(17)10(12,13)8(16)20-3/h4-5H,1-3H3. The molecular formula is C10H11BF2O10. The number of ether oxygens (including phenoxy) is 3. The average molecular weight is 340 g/mol. The molecule has 0 amide bonds. The van der Waals surface area contributed by atoms with Crippen LogP contribution in [0, 0.1) is 0 Å². The van der Waals surface area contributed by atoms with E-state index in [-0.39, 0.29) is 0 Å². The predicted octanol–water partition coefficient (Wildman–Crippen LogP) is -1.55. The summed E-state index contributed by atoms with van der Waals surface area (Å²) < 4.78 is 52.4. The van der Waals surface area contributed by atoms with Crippen LogP contribution in [0.3, 0.4) is 0 Å². The molecule has 23 heavy (non-hydrogen) atoms. The largest absolute Gasteiger partial charge is 0.716 e. The van der Waals surface area contributed by atoms with E-state index in [0.29, 0.717) is 7.11 Å². The number of carbonyl (C=O) groups excluding carboxylic acids is 4. The molecule has 1 saturated heterocycles. The summed E-state index contributed by atoms with van der Waals surface area (Å²) in [7, 11) is 0.397. The zero-order valence-electron chi connectivity index (χ0n) is 12.1. The Bertz CT molecular complexity index is 486. The van der Waals surface area contributed by atoms with Gasteiger partial charge in [-0.1, -0.05) is 0 Å². The number of halogens is 2. The molecule has 1 aliphatic rings. The first kappa shape index (κ1) is 18.8. The van der Waals surface area contributed by atoms with Gasteiger partial charge in [-0.3, -0.25) is 0 Å². The fourth-order valence-electron chi connectivity index (χ4n) is 1.43. The number of esters is 3. The smallest absolute Gasteiger partial charge is 0.480 e. The van der Waals surface area contributed by atoms with Crippen molar-refractivity contribution < 1.29 is 56.1 Å². The van der Waals surface area contributed by atoms with Gasteiger partial charge in [-0.2, -0.15) is 8.78 Å². The maximum absolute atomic E-state index is 13.3. The third kappa shape index (κ3) is 3.93. The molecule has 0 aliphatic carbocycles. The molecule has 1 rings (SSSR count). The van der Waals surface area contributed by atoms with E-state index >= 15 is 0 Å². The normalized spacial score (nSPS) is 20.7. The second-order valence-electron chi connectivity index (χ2n) is 3.92. The Kier molecular flexibility index (Phi) is 5.98. The minimum atomic E-state index is -4.63. The van der Waals surface area contributed by atoms with E-state index in [9.17, 15) is 28.0 Å². The minimum Gasteiger partial charge on any atom is -0.480 e. The number of hydrogen-bond acceptors (Lipinski definition) is 10. The summed E-state index contributed by atoms with van der Waals surface area (Å²) in [5.74, 6) is -11.4. The van der Waals surface area contributed by atoms with Crippen molar-refractivity contribution in [1.82, 2.24) is 0 Å². The molecule has 2 unspecified atom stereocenters. The Balaban J connectivity index is 2.83. The van der Waals surface area contributed by atoms with Gasteiger partial charge in [0.2, 0.25) is 0 Å².